The van der Waals surface area contributed by atoms with Gasteiger partial charge >= 0.3 is 0 Å². The number of aryl methyl sites for hydroxylation is 1. The summed E-state index contributed by atoms with van der Waals surface area (Å²) in [6.45, 7) is 7.71. The van der Waals surface area contributed by atoms with Gasteiger partial charge in [-0.2, -0.15) is 4.31 Å². The molecule has 0 radical (unpaired) electrons. The molecule has 0 aliphatic carbocycles. The molecular formula is C15H26N2O3S. The van der Waals surface area contributed by atoms with E-state index in [-0.39, 0.29) is 18.0 Å². The van der Waals surface area contributed by atoms with Gasteiger partial charge in [-0.25, -0.2) is 8.42 Å². The van der Waals surface area contributed by atoms with E-state index in [9.17, 15) is 8.42 Å². The first-order valence-corrected chi connectivity index (χ1v) is 8.68. The van der Waals surface area contributed by atoms with Crippen LogP contribution < -0.4 is 5.73 Å². The summed E-state index contributed by atoms with van der Waals surface area (Å²) in [6.07, 6.45) is 1.66. The molecule has 0 atom stereocenters. The molecule has 1 aromatic rings. The number of hydrogen-bond acceptors (Lipinski definition) is 4. The third-order valence-corrected chi connectivity index (χ3v) is 5.96. The molecule has 0 spiro atoms. The minimum atomic E-state index is -3.65. The Morgan fingerprint density at radius 3 is 2.33 bits per heavy atom. The van der Waals surface area contributed by atoms with Crippen LogP contribution in [0.25, 0.3) is 0 Å². The first-order valence-electron chi connectivity index (χ1n) is 7.24. The SMILES string of the molecule is CCCCN(CCO)S(=O)(=O)c1c(C)c(C)cc(N)c1C. The average molecular weight is 314 g/mol. The maximum Gasteiger partial charge on any atom is 0.243 e. The van der Waals surface area contributed by atoms with E-state index in [1.807, 2.05) is 13.8 Å². The Morgan fingerprint density at radius 2 is 1.81 bits per heavy atom. The van der Waals surface area contributed by atoms with Gasteiger partial charge in [0.05, 0.1) is 11.5 Å². The summed E-state index contributed by atoms with van der Waals surface area (Å²) < 4.78 is 27.2. The van der Waals surface area contributed by atoms with Crippen LogP contribution in [0.3, 0.4) is 0 Å². The third-order valence-electron chi connectivity index (χ3n) is 3.79. The Bertz CT molecular complexity index is 571. The fourth-order valence-electron chi connectivity index (χ4n) is 2.36. The van der Waals surface area contributed by atoms with Crippen molar-refractivity contribution in [2.45, 2.75) is 45.4 Å². The fourth-order valence-corrected chi connectivity index (χ4v) is 4.36. The van der Waals surface area contributed by atoms with E-state index in [4.69, 9.17) is 10.8 Å². The first kappa shape index (κ1) is 17.9. The van der Waals surface area contributed by atoms with E-state index in [2.05, 4.69) is 0 Å². The molecule has 0 heterocycles. The highest BCUT2D eigenvalue weighted by Gasteiger charge is 2.28. The molecule has 0 unspecified atom stereocenters. The molecule has 0 saturated heterocycles. The monoisotopic (exact) mass is 314 g/mol. The van der Waals surface area contributed by atoms with Crippen LogP contribution in [0.15, 0.2) is 11.0 Å². The molecule has 5 nitrogen and oxygen atoms in total. The van der Waals surface area contributed by atoms with Crippen LogP contribution in [0.5, 0.6) is 0 Å². The van der Waals surface area contributed by atoms with Gasteiger partial charge < -0.3 is 10.8 Å². The summed E-state index contributed by atoms with van der Waals surface area (Å²) in [4.78, 5) is 0.282. The number of aliphatic hydroxyl groups is 1. The Balaban J connectivity index is 3.41. The molecule has 0 fully saturated rings. The molecule has 21 heavy (non-hydrogen) atoms. The molecule has 0 aliphatic rings. The number of sulfonamides is 1. The number of nitrogen functional groups attached to an aromatic ring is 1. The molecule has 1 rings (SSSR count). The van der Waals surface area contributed by atoms with Crippen LogP contribution in [0, 0.1) is 20.8 Å². The van der Waals surface area contributed by atoms with Crippen molar-refractivity contribution in [1.82, 2.24) is 4.31 Å². The van der Waals surface area contributed by atoms with Crippen LogP contribution in [0.2, 0.25) is 0 Å². The predicted molar refractivity (Wildman–Crippen MR) is 85.8 cm³/mol. The van der Waals surface area contributed by atoms with Gasteiger partial charge in [0, 0.05) is 18.8 Å². The number of benzene rings is 1. The van der Waals surface area contributed by atoms with E-state index in [0.717, 1.165) is 24.0 Å². The van der Waals surface area contributed by atoms with Crippen LogP contribution >= 0.6 is 0 Å². The molecular weight excluding hydrogens is 288 g/mol. The van der Waals surface area contributed by atoms with Gasteiger partial charge in [0.1, 0.15) is 0 Å². The van der Waals surface area contributed by atoms with E-state index < -0.39 is 10.0 Å². The highest BCUT2D eigenvalue weighted by molar-refractivity contribution is 7.89. The Labute approximate surface area is 127 Å². The van der Waals surface area contributed by atoms with Crippen molar-refractivity contribution in [2.24, 2.45) is 0 Å². The summed E-state index contributed by atoms with van der Waals surface area (Å²) >= 11 is 0. The fraction of sp³-hybridized carbons (Fsp3) is 0.600. The third kappa shape index (κ3) is 3.75. The van der Waals surface area contributed by atoms with Crippen molar-refractivity contribution in [3.05, 3.63) is 22.8 Å². The second-order valence-electron chi connectivity index (χ2n) is 5.34. The molecule has 0 saturated carbocycles. The minimum absolute atomic E-state index is 0.106. The van der Waals surface area contributed by atoms with E-state index in [1.165, 1.54) is 4.31 Å². The standard InChI is InChI=1S/C15H26N2O3S/c1-5-6-7-17(8-9-18)21(19,20)15-12(3)11(2)10-14(16)13(15)4/h10,18H,5-9,16H2,1-4H3. The predicted octanol–water partition coefficient (Wildman–Crippen LogP) is 1.98. The quantitative estimate of drug-likeness (QED) is 0.754. The number of anilines is 1. The second kappa shape index (κ2) is 7.24. The van der Waals surface area contributed by atoms with E-state index in [1.54, 1.807) is 19.9 Å². The summed E-state index contributed by atoms with van der Waals surface area (Å²) in [5, 5.41) is 9.16. The average Bonchev–Trinajstić information content (AvgIpc) is 2.41. The first-order chi connectivity index (χ1) is 9.77. The van der Waals surface area contributed by atoms with Crippen molar-refractivity contribution in [2.75, 3.05) is 25.4 Å². The number of aliphatic hydroxyl groups excluding tert-OH is 1. The summed E-state index contributed by atoms with van der Waals surface area (Å²) in [5.41, 5.74) is 8.57. The van der Waals surface area contributed by atoms with Gasteiger partial charge in [-0.1, -0.05) is 13.3 Å². The lowest BCUT2D eigenvalue weighted by Gasteiger charge is -2.24. The largest absolute Gasteiger partial charge is 0.398 e. The molecule has 0 amide bonds. The lowest BCUT2D eigenvalue weighted by molar-refractivity contribution is 0.252. The van der Waals surface area contributed by atoms with Crippen LogP contribution in [-0.4, -0.2) is 37.5 Å². The number of rotatable bonds is 7. The Hall–Kier alpha value is -1.11. The minimum Gasteiger partial charge on any atom is -0.398 e. The molecule has 0 aromatic heterocycles. The van der Waals surface area contributed by atoms with Gasteiger partial charge in [-0.05, 0) is 49.9 Å². The van der Waals surface area contributed by atoms with Crippen LogP contribution in [0.1, 0.15) is 36.5 Å². The summed E-state index contributed by atoms with van der Waals surface area (Å²) in [6, 6.07) is 1.80. The maximum absolute atomic E-state index is 12.9. The molecule has 1 aromatic carbocycles. The normalized spacial score (nSPS) is 12.1. The zero-order chi connectivity index (χ0) is 16.2. The highest BCUT2D eigenvalue weighted by Crippen LogP contribution is 2.30. The van der Waals surface area contributed by atoms with E-state index in [0.29, 0.717) is 17.8 Å². The van der Waals surface area contributed by atoms with Crippen molar-refractivity contribution in [3.63, 3.8) is 0 Å². The number of unbranched alkanes of at least 4 members (excludes halogenated alkanes) is 1. The topological polar surface area (TPSA) is 83.6 Å². The maximum atomic E-state index is 12.9. The lowest BCUT2D eigenvalue weighted by atomic mass is 10.1. The molecule has 120 valence electrons. The number of nitrogens with two attached hydrogens (primary N) is 1. The zero-order valence-corrected chi connectivity index (χ0v) is 14.1. The number of hydrogen-bond donors (Lipinski definition) is 2. The number of nitrogens with zero attached hydrogens (tertiary/aromatic N) is 1. The smallest absolute Gasteiger partial charge is 0.243 e. The second-order valence-corrected chi connectivity index (χ2v) is 7.22. The lowest BCUT2D eigenvalue weighted by Crippen LogP contribution is -2.35. The highest BCUT2D eigenvalue weighted by atomic mass is 32.2. The Morgan fingerprint density at radius 1 is 1.19 bits per heavy atom. The molecule has 0 bridgehead atoms. The van der Waals surface area contributed by atoms with Crippen molar-refractivity contribution in [3.8, 4) is 0 Å². The summed E-state index contributed by atoms with van der Waals surface area (Å²) in [7, 11) is -3.65. The van der Waals surface area contributed by atoms with Gasteiger partial charge in [0.15, 0.2) is 0 Å². The van der Waals surface area contributed by atoms with E-state index >= 15 is 0 Å². The van der Waals surface area contributed by atoms with Gasteiger partial charge in [0.25, 0.3) is 0 Å². The molecule has 6 heteroatoms. The summed E-state index contributed by atoms with van der Waals surface area (Å²) in [5.74, 6) is 0. The van der Waals surface area contributed by atoms with Crippen LogP contribution in [-0.2, 0) is 10.0 Å². The van der Waals surface area contributed by atoms with Gasteiger partial charge in [-0.3, -0.25) is 0 Å². The van der Waals surface area contributed by atoms with Crippen molar-refractivity contribution in [1.29, 1.82) is 0 Å². The van der Waals surface area contributed by atoms with Gasteiger partial charge in [0.2, 0.25) is 10.0 Å². The molecule has 0 aliphatic heterocycles. The van der Waals surface area contributed by atoms with Crippen LogP contribution in [0.4, 0.5) is 5.69 Å². The molecule has 3 N–H and O–H groups in total. The van der Waals surface area contributed by atoms with Crippen molar-refractivity contribution >= 4 is 15.7 Å². The van der Waals surface area contributed by atoms with Gasteiger partial charge in [-0.15, -0.1) is 0 Å². The Kier molecular flexibility index (Phi) is 6.19. The van der Waals surface area contributed by atoms with Crippen molar-refractivity contribution < 1.29 is 13.5 Å². The zero-order valence-electron chi connectivity index (χ0n) is 13.3.